The summed E-state index contributed by atoms with van der Waals surface area (Å²) in [5.41, 5.74) is 0. The molecule has 1 heterocycles. The van der Waals surface area contributed by atoms with Crippen LogP contribution in [0.15, 0.2) is 0 Å². The van der Waals surface area contributed by atoms with Gasteiger partial charge in [-0.2, -0.15) is 0 Å². The number of aliphatic hydroxyl groups excluding tert-OH is 1. The first-order valence-corrected chi connectivity index (χ1v) is 4.35. The number of likely N-dealkylation sites (N-methyl/N-ethyl adjacent to an activating group) is 2. The Hall–Kier alpha value is -1.14. The molecule has 1 aliphatic heterocycles. The molecule has 6 nitrogen and oxygen atoms in total. The van der Waals surface area contributed by atoms with E-state index in [1.807, 2.05) is 0 Å². The number of carbonyl (C=O) groups is 2. The number of carbonyl (C=O) groups excluding carboxylic acids is 2. The molecule has 2 N–H and O–H groups in total. The molecule has 14 heavy (non-hydrogen) atoms. The number of urea groups is 1. The van der Waals surface area contributed by atoms with E-state index in [9.17, 15) is 9.59 Å². The Bertz CT molecular complexity index is 254. The highest BCUT2D eigenvalue weighted by molar-refractivity contribution is 6.03. The van der Waals surface area contributed by atoms with Crippen molar-refractivity contribution in [2.24, 2.45) is 0 Å². The largest absolute Gasteiger partial charge is 0.368 e. The predicted molar refractivity (Wildman–Crippen MR) is 47.2 cm³/mol. The van der Waals surface area contributed by atoms with E-state index in [0.29, 0.717) is 0 Å². The van der Waals surface area contributed by atoms with Crippen molar-refractivity contribution in [3.05, 3.63) is 0 Å². The van der Waals surface area contributed by atoms with Crippen LogP contribution in [0, 0.1) is 0 Å². The van der Waals surface area contributed by atoms with Gasteiger partial charge in [0.15, 0.2) is 6.29 Å². The highest BCUT2D eigenvalue weighted by Gasteiger charge is 2.40. The Balaban J connectivity index is 2.61. The Labute approximate surface area is 81.7 Å². The third kappa shape index (κ3) is 1.85. The zero-order valence-corrected chi connectivity index (χ0v) is 8.17. The van der Waals surface area contributed by atoms with Gasteiger partial charge in [-0.25, -0.2) is 4.79 Å². The standard InChI is InChI=1S/C8H14N2O4/c1-9-5(3-4-6(11)12)7(13)10(2)8(9)14/h5-6,11-12H,3-4H2,1-2H3. The summed E-state index contributed by atoms with van der Waals surface area (Å²) in [5.74, 6) is -0.293. The molecule has 0 bridgehead atoms. The summed E-state index contributed by atoms with van der Waals surface area (Å²) in [4.78, 5) is 25.1. The highest BCUT2D eigenvalue weighted by Crippen LogP contribution is 2.18. The Kier molecular flexibility index (Phi) is 3.07. The SMILES string of the molecule is CN1C(=O)C(CCC(O)O)N(C)C1=O. The summed E-state index contributed by atoms with van der Waals surface area (Å²) in [5, 5.41) is 17.3. The van der Waals surface area contributed by atoms with Gasteiger partial charge in [0.2, 0.25) is 0 Å². The average molecular weight is 202 g/mol. The molecule has 0 aromatic rings. The molecule has 1 saturated heterocycles. The van der Waals surface area contributed by atoms with Crippen molar-refractivity contribution in [2.75, 3.05) is 14.1 Å². The molecule has 1 unspecified atom stereocenters. The number of hydrogen-bond acceptors (Lipinski definition) is 4. The topological polar surface area (TPSA) is 81.1 Å². The van der Waals surface area contributed by atoms with Gasteiger partial charge in [0.1, 0.15) is 6.04 Å². The molecule has 80 valence electrons. The quantitative estimate of drug-likeness (QED) is 0.453. The van der Waals surface area contributed by atoms with Gasteiger partial charge < -0.3 is 15.1 Å². The Morgan fingerprint density at radius 2 is 1.93 bits per heavy atom. The molecule has 1 atom stereocenters. The summed E-state index contributed by atoms with van der Waals surface area (Å²) in [6, 6.07) is -0.915. The van der Waals surface area contributed by atoms with Crippen LogP contribution in [0.4, 0.5) is 4.79 Å². The van der Waals surface area contributed by atoms with Crippen molar-refractivity contribution >= 4 is 11.9 Å². The van der Waals surface area contributed by atoms with Gasteiger partial charge >= 0.3 is 6.03 Å². The minimum Gasteiger partial charge on any atom is -0.368 e. The van der Waals surface area contributed by atoms with Gasteiger partial charge in [-0.3, -0.25) is 9.69 Å². The fourth-order valence-electron chi connectivity index (χ4n) is 1.48. The van der Waals surface area contributed by atoms with Crippen LogP contribution in [-0.2, 0) is 4.79 Å². The van der Waals surface area contributed by atoms with Crippen LogP contribution in [0.25, 0.3) is 0 Å². The third-order valence-corrected chi connectivity index (χ3v) is 2.37. The van der Waals surface area contributed by atoms with Gasteiger partial charge in [0.05, 0.1) is 0 Å². The van der Waals surface area contributed by atoms with Gasteiger partial charge in [-0.1, -0.05) is 0 Å². The molecule has 0 saturated carbocycles. The summed E-state index contributed by atoms with van der Waals surface area (Å²) >= 11 is 0. The van der Waals surface area contributed by atoms with E-state index < -0.39 is 12.3 Å². The first kappa shape index (κ1) is 10.9. The minimum absolute atomic E-state index is 0.0852. The number of imide groups is 1. The molecule has 1 aliphatic rings. The molecule has 0 radical (unpaired) electrons. The van der Waals surface area contributed by atoms with E-state index in [4.69, 9.17) is 10.2 Å². The molecular weight excluding hydrogens is 188 g/mol. The van der Waals surface area contributed by atoms with E-state index in [1.165, 1.54) is 19.0 Å². The second kappa shape index (κ2) is 3.93. The maximum atomic E-state index is 11.4. The summed E-state index contributed by atoms with van der Waals surface area (Å²) in [6.45, 7) is 0. The third-order valence-electron chi connectivity index (χ3n) is 2.37. The number of aliphatic hydroxyl groups is 2. The maximum Gasteiger partial charge on any atom is 0.326 e. The van der Waals surface area contributed by atoms with E-state index in [0.717, 1.165) is 4.90 Å². The molecule has 0 aliphatic carbocycles. The first-order chi connectivity index (χ1) is 6.45. The molecule has 1 rings (SSSR count). The lowest BCUT2D eigenvalue weighted by Crippen LogP contribution is -2.32. The van der Waals surface area contributed by atoms with Gasteiger partial charge in [-0.15, -0.1) is 0 Å². The smallest absolute Gasteiger partial charge is 0.326 e. The lowest BCUT2D eigenvalue weighted by Gasteiger charge is -2.16. The lowest BCUT2D eigenvalue weighted by molar-refractivity contribution is -0.128. The van der Waals surface area contributed by atoms with E-state index in [1.54, 1.807) is 0 Å². The van der Waals surface area contributed by atoms with Crippen molar-refractivity contribution in [3.63, 3.8) is 0 Å². The number of rotatable bonds is 3. The fourth-order valence-corrected chi connectivity index (χ4v) is 1.48. The molecule has 0 aromatic heterocycles. The monoisotopic (exact) mass is 202 g/mol. The number of amides is 3. The fraction of sp³-hybridized carbons (Fsp3) is 0.750. The normalized spacial score (nSPS) is 22.8. The van der Waals surface area contributed by atoms with E-state index in [-0.39, 0.29) is 24.8 Å². The van der Waals surface area contributed by atoms with Gasteiger partial charge in [0.25, 0.3) is 5.91 Å². The van der Waals surface area contributed by atoms with Crippen molar-refractivity contribution in [3.8, 4) is 0 Å². The van der Waals surface area contributed by atoms with E-state index in [2.05, 4.69) is 0 Å². The van der Waals surface area contributed by atoms with Crippen molar-refractivity contribution in [2.45, 2.75) is 25.2 Å². The van der Waals surface area contributed by atoms with Crippen LogP contribution in [0.1, 0.15) is 12.8 Å². The highest BCUT2D eigenvalue weighted by atomic mass is 16.5. The van der Waals surface area contributed by atoms with Crippen molar-refractivity contribution < 1.29 is 19.8 Å². The van der Waals surface area contributed by atoms with Crippen LogP contribution in [0.5, 0.6) is 0 Å². The zero-order valence-electron chi connectivity index (χ0n) is 8.17. The molecule has 3 amide bonds. The molecule has 0 spiro atoms. The average Bonchev–Trinajstić information content (AvgIpc) is 2.29. The molecule has 0 aromatic carbocycles. The molecule has 6 heteroatoms. The summed E-state index contributed by atoms with van der Waals surface area (Å²) in [7, 11) is 2.94. The minimum atomic E-state index is -1.43. The molecule has 1 fully saturated rings. The second-order valence-electron chi connectivity index (χ2n) is 3.36. The van der Waals surface area contributed by atoms with Crippen LogP contribution in [0.2, 0.25) is 0 Å². The van der Waals surface area contributed by atoms with Crippen LogP contribution in [-0.4, -0.2) is 58.4 Å². The van der Waals surface area contributed by atoms with E-state index >= 15 is 0 Å². The van der Waals surface area contributed by atoms with Gasteiger partial charge in [0, 0.05) is 20.5 Å². The van der Waals surface area contributed by atoms with Crippen LogP contribution < -0.4 is 0 Å². The van der Waals surface area contributed by atoms with Crippen molar-refractivity contribution in [1.29, 1.82) is 0 Å². The van der Waals surface area contributed by atoms with Crippen LogP contribution >= 0.6 is 0 Å². The van der Waals surface area contributed by atoms with Gasteiger partial charge in [-0.05, 0) is 6.42 Å². The summed E-state index contributed by atoms with van der Waals surface area (Å²) in [6.07, 6.45) is -1.08. The predicted octanol–water partition coefficient (Wildman–Crippen LogP) is -1.03. The first-order valence-electron chi connectivity index (χ1n) is 4.35. The second-order valence-corrected chi connectivity index (χ2v) is 3.36. The Morgan fingerprint density at radius 3 is 2.29 bits per heavy atom. The van der Waals surface area contributed by atoms with Crippen LogP contribution in [0.3, 0.4) is 0 Å². The molecular formula is C8H14N2O4. The maximum absolute atomic E-state index is 11.4. The summed E-state index contributed by atoms with van der Waals surface area (Å²) < 4.78 is 0. The number of nitrogens with zero attached hydrogens (tertiary/aromatic N) is 2. The lowest BCUT2D eigenvalue weighted by atomic mass is 10.1. The zero-order chi connectivity index (χ0) is 10.9. The van der Waals surface area contributed by atoms with Crippen molar-refractivity contribution in [1.82, 2.24) is 9.80 Å². The number of hydrogen-bond donors (Lipinski definition) is 2. The Morgan fingerprint density at radius 1 is 1.36 bits per heavy atom.